The highest BCUT2D eigenvalue weighted by atomic mass is 32.1. The van der Waals surface area contributed by atoms with Crippen molar-refractivity contribution in [3.63, 3.8) is 0 Å². The van der Waals surface area contributed by atoms with Gasteiger partial charge in [0.2, 0.25) is 0 Å². The molecular formula is C12H11NS. The normalized spacial score (nSPS) is 10.2. The average molecular weight is 201 g/mol. The Morgan fingerprint density at radius 3 is 3.14 bits per heavy atom. The van der Waals surface area contributed by atoms with Crippen LogP contribution in [-0.2, 0) is 6.54 Å². The summed E-state index contributed by atoms with van der Waals surface area (Å²) < 4.78 is 1.34. The van der Waals surface area contributed by atoms with E-state index in [0.717, 1.165) is 6.54 Å². The van der Waals surface area contributed by atoms with Crippen LogP contribution in [0.5, 0.6) is 0 Å². The molecule has 1 heterocycles. The van der Waals surface area contributed by atoms with Gasteiger partial charge < -0.3 is 5.32 Å². The van der Waals surface area contributed by atoms with E-state index in [0.29, 0.717) is 6.54 Å². The molecule has 0 bridgehead atoms. The highest BCUT2D eigenvalue weighted by Crippen LogP contribution is 2.21. The van der Waals surface area contributed by atoms with Gasteiger partial charge in [0.05, 0.1) is 6.54 Å². The van der Waals surface area contributed by atoms with Gasteiger partial charge in [0.25, 0.3) is 0 Å². The Labute approximate surface area is 87.8 Å². The quantitative estimate of drug-likeness (QED) is 0.594. The van der Waals surface area contributed by atoms with Crippen LogP contribution in [0.4, 0.5) is 0 Å². The van der Waals surface area contributed by atoms with Crippen LogP contribution in [-0.4, -0.2) is 6.54 Å². The van der Waals surface area contributed by atoms with Crippen molar-refractivity contribution >= 4 is 21.4 Å². The van der Waals surface area contributed by atoms with E-state index < -0.39 is 0 Å². The fourth-order valence-electron chi connectivity index (χ4n) is 1.39. The lowest BCUT2D eigenvalue weighted by molar-refractivity contribution is 0.771. The molecule has 2 aromatic rings. The van der Waals surface area contributed by atoms with E-state index in [9.17, 15) is 0 Å². The molecule has 0 saturated heterocycles. The van der Waals surface area contributed by atoms with Gasteiger partial charge in [-0.25, -0.2) is 0 Å². The first-order valence-corrected chi connectivity index (χ1v) is 5.38. The van der Waals surface area contributed by atoms with Crippen LogP contribution in [0.15, 0.2) is 29.6 Å². The standard InChI is InChI=1S/C12H11NS/c1-2-6-13-9-10-3-4-11-5-7-14-12(11)8-10/h1,3-5,7-8,13H,6,9H2. The minimum absolute atomic E-state index is 0.627. The molecule has 0 saturated carbocycles. The highest BCUT2D eigenvalue weighted by molar-refractivity contribution is 7.17. The Balaban J connectivity index is 2.14. The van der Waals surface area contributed by atoms with Crippen molar-refractivity contribution < 1.29 is 0 Å². The Bertz CT molecular complexity index is 464. The van der Waals surface area contributed by atoms with Gasteiger partial charge in [0, 0.05) is 11.2 Å². The Hall–Kier alpha value is -1.30. The number of thiophene rings is 1. The predicted molar refractivity (Wildman–Crippen MR) is 62.4 cm³/mol. The predicted octanol–water partition coefficient (Wildman–Crippen LogP) is 2.62. The molecule has 1 aromatic heterocycles. The molecule has 2 heteroatoms. The van der Waals surface area contributed by atoms with Gasteiger partial charge in [0.1, 0.15) is 0 Å². The van der Waals surface area contributed by atoms with E-state index in [1.54, 1.807) is 11.3 Å². The lowest BCUT2D eigenvalue weighted by Gasteiger charge is -2.01. The number of nitrogens with one attached hydrogen (secondary N) is 1. The highest BCUT2D eigenvalue weighted by Gasteiger charge is 1.96. The molecule has 0 aliphatic carbocycles. The van der Waals surface area contributed by atoms with Crippen LogP contribution in [0.2, 0.25) is 0 Å². The SMILES string of the molecule is C#CCNCc1ccc2ccsc2c1. The minimum Gasteiger partial charge on any atom is -0.302 e. The van der Waals surface area contributed by atoms with Gasteiger partial charge in [0.15, 0.2) is 0 Å². The van der Waals surface area contributed by atoms with E-state index in [2.05, 4.69) is 40.9 Å². The summed E-state index contributed by atoms with van der Waals surface area (Å²) in [7, 11) is 0. The zero-order valence-electron chi connectivity index (χ0n) is 7.79. The number of rotatable bonds is 3. The number of hydrogen-bond acceptors (Lipinski definition) is 2. The van der Waals surface area contributed by atoms with E-state index in [-0.39, 0.29) is 0 Å². The molecular weight excluding hydrogens is 190 g/mol. The van der Waals surface area contributed by atoms with Crippen molar-refractivity contribution in [3.05, 3.63) is 35.2 Å². The van der Waals surface area contributed by atoms with Crippen LogP contribution in [0, 0.1) is 12.3 Å². The molecule has 0 amide bonds. The molecule has 0 fully saturated rings. The van der Waals surface area contributed by atoms with Gasteiger partial charge >= 0.3 is 0 Å². The lowest BCUT2D eigenvalue weighted by atomic mass is 10.2. The molecule has 70 valence electrons. The zero-order valence-corrected chi connectivity index (χ0v) is 8.60. The number of terminal acetylenes is 1. The summed E-state index contributed by atoms with van der Waals surface area (Å²) in [6, 6.07) is 8.64. The molecule has 0 radical (unpaired) electrons. The first-order valence-electron chi connectivity index (χ1n) is 4.50. The Morgan fingerprint density at radius 1 is 1.36 bits per heavy atom. The van der Waals surface area contributed by atoms with Crippen molar-refractivity contribution in [2.75, 3.05) is 6.54 Å². The first-order chi connectivity index (χ1) is 6.90. The molecule has 0 aliphatic heterocycles. The number of benzene rings is 1. The summed E-state index contributed by atoms with van der Waals surface area (Å²) >= 11 is 1.77. The van der Waals surface area contributed by atoms with Crippen LogP contribution >= 0.6 is 11.3 Å². The monoisotopic (exact) mass is 201 g/mol. The number of hydrogen-bond donors (Lipinski definition) is 1. The Morgan fingerprint density at radius 2 is 2.29 bits per heavy atom. The fraction of sp³-hybridized carbons (Fsp3) is 0.167. The van der Waals surface area contributed by atoms with Crippen molar-refractivity contribution in [2.45, 2.75) is 6.54 Å². The molecule has 1 nitrogen and oxygen atoms in total. The molecule has 0 unspecified atom stereocenters. The van der Waals surface area contributed by atoms with E-state index in [1.807, 2.05) is 0 Å². The summed E-state index contributed by atoms with van der Waals surface area (Å²) in [5.74, 6) is 2.56. The smallest absolute Gasteiger partial charge is 0.0576 e. The third-order valence-corrected chi connectivity index (χ3v) is 2.96. The molecule has 1 aromatic carbocycles. The van der Waals surface area contributed by atoms with Crippen LogP contribution in [0.25, 0.3) is 10.1 Å². The van der Waals surface area contributed by atoms with Crippen LogP contribution < -0.4 is 5.32 Å². The fourth-order valence-corrected chi connectivity index (χ4v) is 2.24. The van der Waals surface area contributed by atoms with E-state index in [4.69, 9.17) is 6.42 Å². The van der Waals surface area contributed by atoms with Gasteiger partial charge in [-0.2, -0.15) is 0 Å². The lowest BCUT2D eigenvalue weighted by Crippen LogP contribution is -2.12. The Kier molecular flexibility index (Phi) is 2.83. The zero-order chi connectivity index (χ0) is 9.80. The molecule has 0 spiro atoms. The summed E-state index contributed by atoms with van der Waals surface area (Å²) in [5.41, 5.74) is 1.29. The molecule has 2 rings (SSSR count). The largest absolute Gasteiger partial charge is 0.302 e. The third-order valence-electron chi connectivity index (χ3n) is 2.08. The second-order valence-corrected chi connectivity index (χ2v) is 4.05. The maximum Gasteiger partial charge on any atom is 0.0576 e. The summed E-state index contributed by atoms with van der Waals surface area (Å²) in [5, 5.41) is 6.61. The van der Waals surface area contributed by atoms with Crippen molar-refractivity contribution in [3.8, 4) is 12.3 Å². The van der Waals surface area contributed by atoms with Gasteiger partial charge in [-0.15, -0.1) is 17.8 Å². The van der Waals surface area contributed by atoms with Crippen LogP contribution in [0.3, 0.4) is 0 Å². The molecule has 0 atom stereocenters. The number of fused-ring (bicyclic) bond motifs is 1. The van der Waals surface area contributed by atoms with Crippen molar-refractivity contribution in [1.29, 1.82) is 0 Å². The van der Waals surface area contributed by atoms with E-state index in [1.165, 1.54) is 15.6 Å². The van der Waals surface area contributed by atoms with E-state index >= 15 is 0 Å². The minimum atomic E-state index is 0.627. The molecule has 0 aliphatic rings. The maximum absolute atomic E-state index is 5.16. The van der Waals surface area contributed by atoms with Gasteiger partial charge in [-0.05, 0) is 28.5 Å². The topological polar surface area (TPSA) is 12.0 Å². The summed E-state index contributed by atoms with van der Waals surface area (Å²) in [6.45, 7) is 1.47. The molecule has 1 N–H and O–H groups in total. The summed E-state index contributed by atoms with van der Waals surface area (Å²) in [6.07, 6.45) is 5.16. The van der Waals surface area contributed by atoms with Gasteiger partial charge in [-0.3, -0.25) is 0 Å². The van der Waals surface area contributed by atoms with Gasteiger partial charge in [-0.1, -0.05) is 18.1 Å². The summed E-state index contributed by atoms with van der Waals surface area (Å²) in [4.78, 5) is 0. The molecule has 14 heavy (non-hydrogen) atoms. The second-order valence-electron chi connectivity index (χ2n) is 3.10. The second kappa shape index (κ2) is 4.28. The average Bonchev–Trinajstić information content (AvgIpc) is 2.65. The third kappa shape index (κ3) is 1.95. The maximum atomic E-state index is 5.16. The van der Waals surface area contributed by atoms with Crippen molar-refractivity contribution in [2.24, 2.45) is 0 Å². The van der Waals surface area contributed by atoms with Crippen LogP contribution in [0.1, 0.15) is 5.56 Å². The first kappa shape index (κ1) is 9.26. The van der Waals surface area contributed by atoms with Crippen molar-refractivity contribution in [1.82, 2.24) is 5.32 Å².